The Hall–Kier alpha value is -5.99. The first-order valence-corrected chi connectivity index (χ1v) is 25.1. The Morgan fingerprint density at radius 2 is 1.78 bits per heavy atom. The van der Waals surface area contributed by atoms with E-state index in [1.165, 1.54) is 12.1 Å². The molecule has 3 aromatic heterocycles. The molecule has 1 spiro atoms. The minimum Gasteiger partial charge on any atom is -0.475 e. The molecule has 16 nitrogen and oxygen atoms in total. The third kappa shape index (κ3) is 10.1. The summed E-state index contributed by atoms with van der Waals surface area (Å²) in [6.07, 6.45) is 9.13. The van der Waals surface area contributed by atoms with Crippen molar-refractivity contribution < 1.29 is 45.9 Å². The SMILES string of the molecule is CCOc1nc2[nH]cc(F)c2cc1Oc1cc(N2CCC3(CC2)CN([C@H]2CCC[C@H]2c2ccccc2C(C)(F)F)C3)ccc1C(=O)NS(=O)(=O)c1cnc(NCC2CCC(C)(O)CC2)c([N+](=O)[O-])c1. The van der Waals surface area contributed by atoms with Gasteiger partial charge in [-0.25, -0.2) is 31.3 Å². The van der Waals surface area contributed by atoms with Gasteiger partial charge in [0, 0.05) is 81.3 Å². The number of ether oxygens (including phenoxy) is 2. The summed E-state index contributed by atoms with van der Waals surface area (Å²) < 4.78 is 86.0. The zero-order valence-electron chi connectivity index (χ0n) is 38.8. The molecule has 4 fully saturated rings. The fraction of sp³-hybridized carbons (Fsp3) is 0.490. The summed E-state index contributed by atoms with van der Waals surface area (Å²) >= 11 is 0. The molecule has 0 radical (unpaired) electrons. The molecule has 2 aliphatic heterocycles. The van der Waals surface area contributed by atoms with E-state index in [0.29, 0.717) is 51.0 Å². The molecular formula is C49H57F3N8O8S. The van der Waals surface area contributed by atoms with Crippen LogP contribution in [0.3, 0.4) is 0 Å². The predicted molar refractivity (Wildman–Crippen MR) is 252 cm³/mol. The quantitative estimate of drug-likeness (QED) is 0.0572. The second-order valence-corrected chi connectivity index (χ2v) is 21.2. The van der Waals surface area contributed by atoms with Crippen molar-refractivity contribution in [3.63, 3.8) is 0 Å². The minimum atomic E-state index is -4.76. The van der Waals surface area contributed by atoms with Gasteiger partial charge in [0.15, 0.2) is 5.75 Å². The zero-order chi connectivity index (χ0) is 48.9. The van der Waals surface area contributed by atoms with Crippen molar-refractivity contribution in [3.05, 3.63) is 99.6 Å². The summed E-state index contributed by atoms with van der Waals surface area (Å²) in [6, 6.07) is 14.0. The number of nitro groups is 1. The molecule has 69 heavy (non-hydrogen) atoms. The fourth-order valence-corrected chi connectivity index (χ4v) is 11.7. The van der Waals surface area contributed by atoms with Gasteiger partial charge in [-0.1, -0.05) is 30.7 Å². The average molecular weight is 975 g/mol. The molecule has 2 aromatic carbocycles. The van der Waals surface area contributed by atoms with Crippen molar-refractivity contribution in [3.8, 4) is 17.4 Å². The number of amides is 1. The fourth-order valence-electron chi connectivity index (χ4n) is 10.8. The first kappa shape index (κ1) is 48.1. The smallest absolute Gasteiger partial charge is 0.312 e. The number of aliphatic hydroxyl groups is 1. The molecule has 4 aliphatic rings. The van der Waals surface area contributed by atoms with Gasteiger partial charge in [-0.05, 0) is 100 Å². The maximum atomic E-state index is 14.9. The van der Waals surface area contributed by atoms with Crippen LogP contribution in [0.1, 0.15) is 106 Å². The van der Waals surface area contributed by atoms with E-state index in [9.17, 15) is 41.6 Å². The number of hydrogen-bond donors (Lipinski definition) is 4. The summed E-state index contributed by atoms with van der Waals surface area (Å²) in [5.41, 5.74) is 0.183. The molecule has 5 aromatic rings. The van der Waals surface area contributed by atoms with Gasteiger partial charge in [0.25, 0.3) is 27.7 Å². The van der Waals surface area contributed by atoms with Gasteiger partial charge in [0.1, 0.15) is 22.1 Å². The number of fused-ring (bicyclic) bond motifs is 1. The van der Waals surface area contributed by atoms with Gasteiger partial charge in [0.05, 0.1) is 34.3 Å². The third-order valence-corrected chi connectivity index (χ3v) is 15.9. The first-order valence-electron chi connectivity index (χ1n) is 23.6. The molecule has 2 aliphatic carbocycles. The van der Waals surface area contributed by atoms with Crippen molar-refractivity contribution in [2.24, 2.45) is 11.3 Å². The molecule has 2 saturated carbocycles. The van der Waals surface area contributed by atoms with Crippen LogP contribution in [0, 0.1) is 27.3 Å². The lowest BCUT2D eigenvalue weighted by Crippen LogP contribution is -2.63. The lowest BCUT2D eigenvalue weighted by atomic mass is 9.70. The number of carbonyl (C=O) groups excluding carboxylic acids is 1. The van der Waals surface area contributed by atoms with Crippen molar-refractivity contribution in [2.45, 2.75) is 107 Å². The van der Waals surface area contributed by atoms with Crippen LogP contribution in [-0.2, 0) is 15.9 Å². The Labute approximate surface area is 398 Å². The van der Waals surface area contributed by atoms with E-state index in [1.807, 2.05) is 16.9 Å². The molecule has 9 rings (SSSR count). The molecule has 1 amide bonds. The Bertz CT molecular complexity index is 2850. The lowest BCUT2D eigenvalue weighted by Gasteiger charge is -2.57. The number of piperidine rings is 1. The van der Waals surface area contributed by atoms with E-state index >= 15 is 0 Å². The number of anilines is 2. The third-order valence-electron chi connectivity index (χ3n) is 14.6. The highest BCUT2D eigenvalue weighted by Crippen LogP contribution is 2.50. The van der Waals surface area contributed by atoms with E-state index in [2.05, 4.69) is 30.1 Å². The second-order valence-electron chi connectivity index (χ2n) is 19.6. The normalized spacial score (nSPS) is 22.9. The maximum absolute atomic E-state index is 14.9. The van der Waals surface area contributed by atoms with Gasteiger partial charge in [-0.15, -0.1) is 0 Å². The number of pyridine rings is 2. The van der Waals surface area contributed by atoms with Crippen LogP contribution in [0.15, 0.2) is 71.9 Å². The maximum Gasteiger partial charge on any atom is 0.312 e. The van der Waals surface area contributed by atoms with Gasteiger partial charge in [0.2, 0.25) is 5.82 Å². The number of aromatic amines is 1. The second kappa shape index (κ2) is 18.7. The molecule has 4 N–H and O–H groups in total. The van der Waals surface area contributed by atoms with Crippen LogP contribution in [0.25, 0.3) is 11.0 Å². The number of H-pyrrole nitrogens is 1. The highest BCUT2D eigenvalue weighted by Gasteiger charge is 2.50. The number of carbonyl (C=O) groups is 1. The molecule has 368 valence electrons. The number of benzene rings is 2. The summed E-state index contributed by atoms with van der Waals surface area (Å²) in [5.74, 6) is -4.76. The lowest BCUT2D eigenvalue weighted by molar-refractivity contribution is -0.384. The minimum absolute atomic E-state index is 0.00970. The van der Waals surface area contributed by atoms with E-state index in [1.54, 1.807) is 38.1 Å². The number of hydrogen-bond acceptors (Lipinski definition) is 13. The van der Waals surface area contributed by atoms with Gasteiger partial charge < -0.3 is 29.8 Å². The van der Waals surface area contributed by atoms with Crippen LogP contribution in [0.4, 0.5) is 30.4 Å². The Morgan fingerprint density at radius 1 is 1.04 bits per heavy atom. The van der Waals surface area contributed by atoms with E-state index in [-0.39, 0.29) is 75.3 Å². The number of likely N-dealkylation sites (tertiary alicyclic amines) is 1. The number of rotatable bonds is 15. The average Bonchev–Trinajstić information content (AvgIpc) is 3.93. The van der Waals surface area contributed by atoms with Crippen molar-refractivity contribution >= 4 is 44.2 Å². The van der Waals surface area contributed by atoms with Crippen LogP contribution >= 0.6 is 0 Å². The molecule has 2 saturated heterocycles. The summed E-state index contributed by atoms with van der Waals surface area (Å²) in [4.78, 5) is 40.7. The molecule has 5 heterocycles. The molecule has 0 bridgehead atoms. The van der Waals surface area contributed by atoms with Crippen LogP contribution in [-0.4, -0.2) is 95.2 Å². The number of aromatic nitrogens is 3. The summed E-state index contributed by atoms with van der Waals surface area (Å²) in [6.45, 7) is 7.99. The van der Waals surface area contributed by atoms with Gasteiger partial charge in [-0.3, -0.25) is 19.8 Å². The number of halogens is 3. The summed E-state index contributed by atoms with van der Waals surface area (Å²) in [7, 11) is -4.76. The number of alkyl halides is 2. The van der Waals surface area contributed by atoms with Crippen LogP contribution < -0.4 is 24.4 Å². The van der Waals surface area contributed by atoms with E-state index in [4.69, 9.17) is 9.47 Å². The molecule has 20 heteroatoms. The summed E-state index contributed by atoms with van der Waals surface area (Å²) in [5, 5.41) is 25.5. The molecule has 0 unspecified atom stereocenters. The molecule has 2 atom stereocenters. The van der Waals surface area contributed by atoms with Crippen molar-refractivity contribution in [1.29, 1.82) is 0 Å². The van der Waals surface area contributed by atoms with Gasteiger partial charge in [-0.2, -0.15) is 4.98 Å². The number of nitrogens with zero attached hydrogens (tertiary/aromatic N) is 5. The highest BCUT2D eigenvalue weighted by molar-refractivity contribution is 7.90. The number of nitrogens with one attached hydrogen (secondary N) is 3. The van der Waals surface area contributed by atoms with E-state index < -0.39 is 48.8 Å². The largest absolute Gasteiger partial charge is 0.475 e. The van der Waals surface area contributed by atoms with Crippen LogP contribution in [0.2, 0.25) is 0 Å². The van der Waals surface area contributed by atoms with Crippen LogP contribution in [0.5, 0.6) is 17.4 Å². The zero-order valence-corrected chi connectivity index (χ0v) is 39.6. The Morgan fingerprint density at radius 3 is 2.49 bits per heavy atom. The molecular weight excluding hydrogens is 918 g/mol. The number of sulfonamides is 1. The van der Waals surface area contributed by atoms with Crippen molar-refractivity contribution in [1.82, 2.24) is 24.6 Å². The Kier molecular flexibility index (Phi) is 13.0. The van der Waals surface area contributed by atoms with Gasteiger partial charge >= 0.3 is 5.69 Å². The van der Waals surface area contributed by atoms with Crippen molar-refractivity contribution in [2.75, 3.05) is 49.5 Å². The topological polar surface area (TPSA) is 205 Å². The highest BCUT2D eigenvalue weighted by atomic mass is 32.2. The van der Waals surface area contributed by atoms with E-state index in [0.717, 1.165) is 76.1 Å². The first-order chi connectivity index (χ1) is 32.8. The standard InChI is InChI=1S/C49H57F3N8O8S/c1-4-67-46-42(24-36-38(50)27-55-43(36)56-46)68-41-22-31(58-20-18-49(19-21-58)28-59(29-49)39-11-7-9-34(39)33-8-5-6-10-37(33)48(3,51)52)12-13-35(41)45(61)57-69(65,66)32-23-40(60(63)64)44(54-26-32)53-25-30-14-16-47(2,62)17-15-30/h5-6,8,10,12-13,22-24,26-27,30,34,39,62H,4,7,9,11,14-21,25,28-29H2,1-3H3,(H,53,54)(H,55,56)(H,57,61)/t30?,34-,39-,47?/m0/s1. The Balaban J connectivity index is 0.934. The monoisotopic (exact) mass is 974 g/mol. The predicted octanol–water partition coefficient (Wildman–Crippen LogP) is 9.02.